The molecule has 0 amide bonds. The lowest BCUT2D eigenvalue weighted by atomic mass is 9.32. The highest BCUT2D eigenvalue weighted by Gasteiger charge is 2.70. The maximum atomic E-state index is 11.9. The van der Waals surface area contributed by atoms with E-state index in [2.05, 4.69) is 47.8 Å². The molecule has 0 aliphatic heterocycles. The van der Waals surface area contributed by atoms with Gasteiger partial charge in [0.25, 0.3) is 0 Å². The van der Waals surface area contributed by atoms with Crippen LogP contribution in [0.25, 0.3) is 0 Å². The van der Waals surface area contributed by atoms with Gasteiger partial charge in [0.2, 0.25) is 0 Å². The van der Waals surface area contributed by atoms with Gasteiger partial charge in [-0.05, 0) is 117 Å². The van der Waals surface area contributed by atoms with E-state index in [1.165, 1.54) is 68.9 Å². The average Bonchev–Trinajstić information content (AvgIpc) is 3.21. The lowest BCUT2D eigenvalue weighted by molar-refractivity contribution is -0.237. The second kappa shape index (κ2) is 8.45. The van der Waals surface area contributed by atoms with Gasteiger partial charge in [0, 0.05) is 17.8 Å². The third-order valence-electron chi connectivity index (χ3n) is 13.9. The van der Waals surface area contributed by atoms with E-state index in [0.29, 0.717) is 41.6 Å². The highest BCUT2D eigenvalue weighted by atomic mass is 16.5. The molecule has 5 fully saturated rings. The van der Waals surface area contributed by atoms with Crippen molar-refractivity contribution in [1.82, 2.24) is 0 Å². The van der Waals surface area contributed by atoms with Gasteiger partial charge in [0.15, 0.2) is 0 Å². The molecule has 0 radical (unpaired) electrons. The van der Waals surface area contributed by atoms with Crippen LogP contribution in [0.3, 0.4) is 0 Å². The number of allylic oxidation sites excluding steroid dienone is 1. The topological polar surface area (TPSA) is 46.5 Å². The van der Waals surface area contributed by atoms with Crippen LogP contribution in [-0.4, -0.2) is 24.3 Å². The van der Waals surface area contributed by atoms with Gasteiger partial charge >= 0.3 is 5.97 Å². The van der Waals surface area contributed by atoms with Crippen LogP contribution in [0.4, 0.5) is 0 Å². The lowest BCUT2D eigenvalue weighted by Gasteiger charge is -2.72. The number of aliphatic hydroxyl groups is 1. The Labute approximate surface area is 220 Å². The summed E-state index contributed by atoms with van der Waals surface area (Å²) in [6, 6.07) is 0. The first-order valence-electron chi connectivity index (χ1n) is 14.9. The number of hydrogen-bond donors (Lipinski definition) is 1. The molecular weight excluding hydrogens is 444 g/mol. The zero-order chi connectivity index (χ0) is 26.3. The standard InChI is InChI=1S/C33H52O3/c1-21(2)24-12-16-33(20-36-23(4)35)18-17-31(7)25(28(24)33)9-10-27-29(5)14-11-22(3)30(6,19-34)26(29)13-15-32(27,31)8/h24-28,34H,1,3,9-20H2,2,4-8H3. The fraction of sp³-hybridized carbons (Fsp3) is 0.848. The fourth-order valence-electron chi connectivity index (χ4n) is 11.7. The Morgan fingerprint density at radius 3 is 2.31 bits per heavy atom. The maximum absolute atomic E-state index is 11.9. The number of fused-ring (bicyclic) bond motifs is 7. The van der Waals surface area contributed by atoms with Gasteiger partial charge in [-0.25, -0.2) is 0 Å². The van der Waals surface area contributed by atoms with Gasteiger partial charge in [-0.1, -0.05) is 52.0 Å². The number of rotatable bonds is 4. The van der Waals surface area contributed by atoms with Crippen molar-refractivity contribution in [3.8, 4) is 0 Å². The molecule has 3 heteroatoms. The molecule has 10 atom stereocenters. The summed E-state index contributed by atoms with van der Waals surface area (Å²) in [6.07, 6.45) is 12.1. The third kappa shape index (κ3) is 3.29. The molecular formula is C33H52O3. The van der Waals surface area contributed by atoms with Crippen LogP contribution in [-0.2, 0) is 9.53 Å². The molecule has 202 valence electrons. The number of hydrogen-bond acceptors (Lipinski definition) is 3. The van der Waals surface area contributed by atoms with E-state index in [1.807, 2.05) is 0 Å². The molecule has 5 aliphatic carbocycles. The van der Waals surface area contributed by atoms with Gasteiger partial charge in [0.1, 0.15) is 0 Å². The van der Waals surface area contributed by atoms with Crippen molar-refractivity contribution in [3.05, 3.63) is 24.3 Å². The molecule has 5 aliphatic rings. The van der Waals surface area contributed by atoms with Crippen LogP contribution in [0, 0.1) is 56.7 Å². The Hall–Kier alpha value is -1.09. The van der Waals surface area contributed by atoms with Crippen LogP contribution >= 0.6 is 0 Å². The van der Waals surface area contributed by atoms with E-state index in [1.54, 1.807) is 6.92 Å². The number of carbonyl (C=O) groups is 1. The van der Waals surface area contributed by atoms with Crippen LogP contribution in [0.2, 0.25) is 0 Å². The molecule has 5 saturated carbocycles. The molecule has 0 aromatic heterocycles. The van der Waals surface area contributed by atoms with Crippen molar-refractivity contribution in [2.45, 2.75) is 106 Å². The van der Waals surface area contributed by atoms with E-state index in [-0.39, 0.29) is 34.2 Å². The molecule has 5 rings (SSSR count). The Kier molecular flexibility index (Phi) is 6.23. The van der Waals surface area contributed by atoms with Crippen LogP contribution < -0.4 is 0 Å². The predicted octanol–water partition coefficient (Wildman–Crippen LogP) is 7.74. The molecule has 0 aromatic rings. The average molecular weight is 497 g/mol. The Morgan fingerprint density at radius 2 is 1.67 bits per heavy atom. The molecule has 0 bridgehead atoms. The zero-order valence-electron chi connectivity index (χ0n) is 24.0. The Balaban J connectivity index is 1.53. The van der Waals surface area contributed by atoms with E-state index >= 15 is 0 Å². The summed E-state index contributed by atoms with van der Waals surface area (Å²) in [4.78, 5) is 11.9. The zero-order valence-corrected chi connectivity index (χ0v) is 24.0. The summed E-state index contributed by atoms with van der Waals surface area (Å²) in [6.45, 7) is 23.8. The molecule has 0 heterocycles. The lowest BCUT2D eigenvalue weighted by Crippen LogP contribution is -2.66. The van der Waals surface area contributed by atoms with Gasteiger partial charge in [-0.2, -0.15) is 0 Å². The van der Waals surface area contributed by atoms with Crippen LogP contribution in [0.5, 0.6) is 0 Å². The normalized spacial score (nSPS) is 52.0. The second-order valence-corrected chi connectivity index (χ2v) is 15.0. The van der Waals surface area contributed by atoms with Crippen molar-refractivity contribution >= 4 is 5.97 Å². The van der Waals surface area contributed by atoms with Gasteiger partial charge < -0.3 is 9.84 Å². The minimum Gasteiger partial charge on any atom is -0.465 e. The van der Waals surface area contributed by atoms with E-state index in [9.17, 15) is 9.90 Å². The third-order valence-corrected chi connectivity index (χ3v) is 13.9. The highest BCUT2D eigenvalue weighted by molar-refractivity contribution is 5.65. The first-order valence-corrected chi connectivity index (χ1v) is 14.9. The van der Waals surface area contributed by atoms with Crippen molar-refractivity contribution in [2.24, 2.45) is 56.7 Å². The smallest absolute Gasteiger partial charge is 0.302 e. The Morgan fingerprint density at radius 1 is 0.944 bits per heavy atom. The minimum atomic E-state index is -0.145. The summed E-state index contributed by atoms with van der Waals surface area (Å²) in [7, 11) is 0. The highest BCUT2D eigenvalue weighted by Crippen LogP contribution is 2.77. The molecule has 0 saturated heterocycles. The number of ether oxygens (including phenoxy) is 1. The van der Waals surface area contributed by atoms with Gasteiger partial charge in [-0.3, -0.25) is 4.79 Å². The van der Waals surface area contributed by atoms with Crippen molar-refractivity contribution in [3.63, 3.8) is 0 Å². The first kappa shape index (κ1) is 26.5. The van der Waals surface area contributed by atoms with E-state index in [0.717, 1.165) is 6.42 Å². The van der Waals surface area contributed by atoms with Gasteiger partial charge in [-0.15, -0.1) is 0 Å². The quantitative estimate of drug-likeness (QED) is 0.320. The second-order valence-electron chi connectivity index (χ2n) is 15.0. The van der Waals surface area contributed by atoms with Crippen LogP contribution in [0.15, 0.2) is 24.3 Å². The maximum Gasteiger partial charge on any atom is 0.302 e. The monoisotopic (exact) mass is 496 g/mol. The summed E-state index contributed by atoms with van der Waals surface area (Å²) in [5.41, 5.74) is 3.44. The summed E-state index contributed by atoms with van der Waals surface area (Å²) in [5.74, 6) is 2.86. The summed E-state index contributed by atoms with van der Waals surface area (Å²) in [5, 5.41) is 10.6. The first-order chi connectivity index (χ1) is 16.8. The van der Waals surface area contributed by atoms with E-state index in [4.69, 9.17) is 4.74 Å². The van der Waals surface area contributed by atoms with Gasteiger partial charge in [0.05, 0.1) is 13.2 Å². The molecule has 36 heavy (non-hydrogen) atoms. The Bertz CT molecular complexity index is 953. The minimum absolute atomic E-state index is 0.127. The number of carbonyl (C=O) groups excluding carboxylic acids is 1. The fourth-order valence-corrected chi connectivity index (χ4v) is 11.7. The summed E-state index contributed by atoms with van der Waals surface area (Å²) < 4.78 is 5.79. The molecule has 3 nitrogen and oxygen atoms in total. The van der Waals surface area contributed by atoms with Crippen molar-refractivity contribution in [2.75, 3.05) is 13.2 Å². The molecule has 10 unspecified atom stereocenters. The largest absolute Gasteiger partial charge is 0.465 e. The van der Waals surface area contributed by atoms with Crippen molar-refractivity contribution in [1.29, 1.82) is 0 Å². The summed E-state index contributed by atoms with van der Waals surface area (Å²) >= 11 is 0. The molecule has 1 N–H and O–H groups in total. The SMILES string of the molecule is C=C(C)C1CCC2(COC(C)=O)CCC3(C)C(CCC4C5(C)CCC(=C)C(C)(CO)C5CCC43C)C12. The number of esters is 1. The number of aliphatic hydroxyl groups excluding tert-OH is 1. The molecule has 0 aromatic carbocycles. The van der Waals surface area contributed by atoms with Crippen molar-refractivity contribution < 1.29 is 14.6 Å². The predicted molar refractivity (Wildman–Crippen MR) is 146 cm³/mol. The molecule has 0 spiro atoms. The van der Waals surface area contributed by atoms with Crippen LogP contribution in [0.1, 0.15) is 106 Å². The van der Waals surface area contributed by atoms with E-state index < -0.39 is 0 Å².